The lowest BCUT2D eigenvalue weighted by Crippen LogP contribution is -2.13. The molecule has 2 N–H and O–H groups in total. The van der Waals surface area contributed by atoms with Crippen molar-refractivity contribution in [1.29, 1.82) is 5.26 Å². The number of aromatic hydroxyl groups is 1. The molecule has 3 aromatic rings. The van der Waals surface area contributed by atoms with Crippen LogP contribution < -0.4 is 14.8 Å². The number of halogens is 2. The highest BCUT2D eigenvalue weighted by Gasteiger charge is 2.17. The number of carbonyl (C=O) groups excluding carboxylic acids is 1. The quantitative estimate of drug-likeness (QED) is 0.129. The van der Waals surface area contributed by atoms with Gasteiger partial charge in [0, 0.05) is 16.7 Å². The summed E-state index contributed by atoms with van der Waals surface area (Å²) in [6.45, 7) is 0.134. The van der Waals surface area contributed by atoms with E-state index in [-0.39, 0.29) is 40.1 Å². The maximum Gasteiger partial charge on any atom is 0.273 e. The maximum atomic E-state index is 12.6. The standard InChI is InChI=1S/C24H17Cl2N3O6/c1-34-22-10-14(9-19(26)23(22)35-13-15-4-2-3-5-18(15)25)8-16(12-27)24(31)28-20-7-6-17(29(32)33)11-21(20)30/h2-11,30H,13H2,1H3,(H,28,31)/b16-8+. The van der Waals surface area contributed by atoms with E-state index in [1.807, 2.05) is 6.07 Å². The van der Waals surface area contributed by atoms with Crippen molar-refractivity contribution in [2.75, 3.05) is 12.4 Å². The second-order valence-corrected chi connectivity index (χ2v) is 7.81. The summed E-state index contributed by atoms with van der Waals surface area (Å²) >= 11 is 12.5. The average Bonchev–Trinajstić information content (AvgIpc) is 2.83. The molecule has 0 fully saturated rings. The zero-order valence-electron chi connectivity index (χ0n) is 18.1. The third kappa shape index (κ3) is 6.20. The molecular formula is C24H17Cl2N3O6. The fourth-order valence-corrected chi connectivity index (χ4v) is 3.44. The summed E-state index contributed by atoms with van der Waals surface area (Å²) in [6, 6.07) is 15.1. The van der Waals surface area contributed by atoms with Crippen LogP contribution in [0, 0.1) is 21.4 Å². The number of nitro groups is 1. The second-order valence-electron chi connectivity index (χ2n) is 7.00. The Balaban J connectivity index is 1.83. The molecule has 3 rings (SSSR count). The van der Waals surface area contributed by atoms with Crippen molar-refractivity contribution in [3.8, 4) is 23.3 Å². The summed E-state index contributed by atoms with van der Waals surface area (Å²) in [6.07, 6.45) is 1.27. The highest BCUT2D eigenvalue weighted by atomic mass is 35.5. The third-order valence-electron chi connectivity index (χ3n) is 4.70. The van der Waals surface area contributed by atoms with E-state index in [9.17, 15) is 25.3 Å². The molecule has 0 saturated heterocycles. The number of ether oxygens (including phenoxy) is 2. The van der Waals surface area contributed by atoms with Crippen LogP contribution >= 0.6 is 23.2 Å². The Bertz CT molecular complexity index is 1370. The van der Waals surface area contributed by atoms with Crippen LogP contribution in [0.2, 0.25) is 10.0 Å². The first-order valence-electron chi connectivity index (χ1n) is 9.87. The number of phenolic OH excluding ortho intramolecular Hbond substituents is 1. The number of hydrogen-bond donors (Lipinski definition) is 2. The van der Waals surface area contributed by atoms with Gasteiger partial charge in [-0.1, -0.05) is 41.4 Å². The molecule has 178 valence electrons. The Hall–Kier alpha value is -4.26. The van der Waals surface area contributed by atoms with Crippen LogP contribution in [-0.4, -0.2) is 23.0 Å². The highest BCUT2D eigenvalue weighted by molar-refractivity contribution is 6.32. The number of rotatable bonds is 8. The Labute approximate surface area is 209 Å². The number of phenols is 1. The van der Waals surface area contributed by atoms with Gasteiger partial charge in [0.15, 0.2) is 11.5 Å². The summed E-state index contributed by atoms with van der Waals surface area (Å²) in [5, 5.41) is 33.3. The van der Waals surface area contributed by atoms with Crippen molar-refractivity contribution in [2.24, 2.45) is 0 Å². The van der Waals surface area contributed by atoms with Crippen molar-refractivity contribution in [3.05, 3.63) is 91.5 Å². The number of nitro benzene ring substituents is 1. The van der Waals surface area contributed by atoms with Gasteiger partial charge in [0.25, 0.3) is 11.6 Å². The number of carbonyl (C=O) groups is 1. The number of nitrogens with one attached hydrogen (secondary N) is 1. The van der Waals surface area contributed by atoms with Crippen molar-refractivity contribution >= 4 is 46.6 Å². The molecular weight excluding hydrogens is 497 g/mol. The Morgan fingerprint density at radius 3 is 2.57 bits per heavy atom. The molecule has 0 saturated carbocycles. The van der Waals surface area contributed by atoms with E-state index < -0.39 is 16.6 Å². The molecule has 0 atom stereocenters. The van der Waals surface area contributed by atoms with Crippen molar-refractivity contribution < 1.29 is 24.3 Å². The van der Waals surface area contributed by atoms with Gasteiger partial charge in [0.1, 0.15) is 24.0 Å². The van der Waals surface area contributed by atoms with E-state index in [1.165, 1.54) is 25.3 Å². The van der Waals surface area contributed by atoms with E-state index in [1.54, 1.807) is 24.3 Å². The lowest BCUT2D eigenvalue weighted by Gasteiger charge is -2.14. The molecule has 1 amide bonds. The summed E-state index contributed by atoms with van der Waals surface area (Å²) in [4.78, 5) is 22.7. The fourth-order valence-electron chi connectivity index (χ4n) is 2.97. The number of methoxy groups -OCH3 is 1. The Morgan fingerprint density at radius 2 is 1.94 bits per heavy atom. The first-order valence-corrected chi connectivity index (χ1v) is 10.6. The van der Waals surface area contributed by atoms with Crippen LogP contribution in [0.1, 0.15) is 11.1 Å². The highest BCUT2D eigenvalue weighted by Crippen LogP contribution is 2.38. The average molecular weight is 514 g/mol. The molecule has 0 heterocycles. The smallest absolute Gasteiger partial charge is 0.273 e. The number of nitriles is 1. The summed E-state index contributed by atoms with van der Waals surface area (Å²) < 4.78 is 11.2. The van der Waals surface area contributed by atoms with E-state index in [2.05, 4.69) is 5.32 Å². The maximum absolute atomic E-state index is 12.6. The van der Waals surface area contributed by atoms with Gasteiger partial charge in [0.05, 0.1) is 28.8 Å². The van der Waals surface area contributed by atoms with Gasteiger partial charge in [0.2, 0.25) is 0 Å². The first kappa shape index (κ1) is 25.4. The Morgan fingerprint density at radius 1 is 1.20 bits per heavy atom. The molecule has 0 radical (unpaired) electrons. The fraction of sp³-hybridized carbons (Fsp3) is 0.0833. The van der Waals surface area contributed by atoms with E-state index in [4.69, 9.17) is 32.7 Å². The van der Waals surface area contributed by atoms with Crippen molar-refractivity contribution in [3.63, 3.8) is 0 Å². The van der Waals surface area contributed by atoms with E-state index in [0.29, 0.717) is 10.6 Å². The van der Waals surface area contributed by atoms with Crippen LogP contribution in [-0.2, 0) is 11.4 Å². The third-order valence-corrected chi connectivity index (χ3v) is 5.35. The molecule has 0 bridgehead atoms. The van der Waals surface area contributed by atoms with E-state index >= 15 is 0 Å². The van der Waals surface area contributed by atoms with Crippen LogP contribution in [0.4, 0.5) is 11.4 Å². The van der Waals surface area contributed by atoms with Gasteiger partial charge >= 0.3 is 0 Å². The normalized spacial score (nSPS) is 10.9. The number of nitrogens with zero attached hydrogens (tertiary/aromatic N) is 2. The number of benzene rings is 3. The number of amides is 1. The molecule has 0 aliphatic carbocycles. The van der Waals surface area contributed by atoms with Gasteiger partial charge in [-0.05, 0) is 35.9 Å². The van der Waals surface area contributed by atoms with Gasteiger partial charge in [-0.15, -0.1) is 0 Å². The lowest BCUT2D eigenvalue weighted by atomic mass is 10.1. The number of non-ortho nitro benzene ring substituents is 1. The molecule has 0 aliphatic rings. The van der Waals surface area contributed by atoms with Gasteiger partial charge in [-0.3, -0.25) is 14.9 Å². The molecule has 11 heteroatoms. The minimum atomic E-state index is -0.842. The zero-order valence-corrected chi connectivity index (χ0v) is 19.6. The topological polar surface area (TPSA) is 135 Å². The summed E-state index contributed by atoms with van der Waals surface area (Å²) in [5.74, 6) is -0.841. The van der Waals surface area contributed by atoms with Crippen molar-refractivity contribution in [1.82, 2.24) is 0 Å². The van der Waals surface area contributed by atoms with E-state index in [0.717, 1.165) is 23.8 Å². The largest absolute Gasteiger partial charge is 0.506 e. The zero-order chi connectivity index (χ0) is 25.5. The molecule has 35 heavy (non-hydrogen) atoms. The van der Waals surface area contributed by atoms with Crippen LogP contribution in [0.5, 0.6) is 17.2 Å². The number of anilines is 1. The van der Waals surface area contributed by atoms with Crippen LogP contribution in [0.25, 0.3) is 6.08 Å². The summed E-state index contributed by atoms with van der Waals surface area (Å²) in [5.41, 5.74) is 0.354. The predicted octanol–water partition coefficient (Wildman–Crippen LogP) is 5.74. The lowest BCUT2D eigenvalue weighted by molar-refractivity contribution is -0.384. The Kier molecular flexibility index (Phi) is 8.15. The summed E-state index contributed by atoms with van der Waals surface area (Å²) in [7, 11) is 1.41. The van der Waals surface area contributed by atoms with Gasteiger partial charge < -0.3 is 19.9 Å². The molecule has 0 unspecified atom stereocenters. The second kappa shape index (κ2) is 11.2. The van der Waals surface area contributed by atoms with Crippen molar-refractivity contribution in [2.45, 2.75) is 6.61 Å². The SMILES string of the molecule is COc1cc(/C=C(\C#N)C(=O)Nc2ccc([N+](=O)[O-])cc2O)cc(Cl)c1OCc1ccccc1Cl. The molecule has 0 aliphatic heterocycles. The molecule has 3 aromatic carbocycles. The van der Waals surface area contributed by atoms with Crippen LogP contribution in [0.15, 0.2) is 60.2 Å². The minimum Gasteiger partial charge on any atom is -0.506 e. The molecule has 0 aromatic heterocycles. The van der Waals surface area contributed by atoms with Gasteiger partial charge in [-0.2, -0.15) is 5.26 Å². The minimum absolute atomic E-state index is 0.0966. The first-order chi connectivity index (χ1) is 16.7. The molecule has 0 spiro atoms. The van der Waals surface area contributed by atoms with Gasteiger partial charge in [-0.25, -0.2) is 0 Å². The number of hydrogen-bond acceptors (Lipinski definition) is 7. The predicted molar refractivity (Wildman–Crippen MR) is 131 cm³/mol. The molecule has 9 nitrogen and oxygen atoms in total. The monoisotopic (exact) mass is 513 g/mol. The van der Waals surface area contributed by atoms with Crippen LogP contribution in [0.3, 0.4) is 0 Å².